The molecule has 3 heteroatoms. The molecule has 25 heavy (non-hydrogen) atoms. The van der Waals surface area contributed by atoms with E-state index in [1.54, 1.807) is 0 Å². The van der Waals surface area contributed by atoms with Crippen LogP contribution in [0, 0.1) is 0 Å². The summed E-state index contributed by atoms with van der Waals surface area (Å²) in [5.41, 5.74) is 2.79. The molecule has 0 amide bonds. The van der Waals surface area contributed by atoms with Crippen LogP contribution in [0.2, 0.25) is 0 Å². The summed E-state index contributed by atoms with van der Waals surface area (Å²) in [5.74, 6) is 0. The van der Waals surface area contributed by atoms with Crippen LogP contribution in [0.5, 0.6) is 0 Å². The van der Waals surface area contributed by atoms with Gasteiger partial charge in [0, 0.05) is 32.3 Å². The van der Waals surface area contributed by atoms with Crippen molar-refractivity contribution in [2.24, 2.45) is 0 Å². The fourth-order valence-electron chi connectivity index (χ4n) is 3.61. The van der Waals surface area contributed by atoms with E-state index >= 15 is 0 Å². The van der Waals surface area contributed by atoms with E-state index in [2.05, 4.69) is 77.9 Å². The molecule has 0 aliphatic heterocycles. The third kappa shape index (κ3) is 6.62. The Bertz CT molecular complexity index is 573. The highest BCUT2D eigenvalue weighted by Gasteiger charge is 2.24. The van der Waals surface area contributed by atoms with Crippen LogP contribution in [0.15, 0.2) is 60.7 Å². The maximum atomic E-state index is 7.00. The van der Waals surface area contributed by atoms with Crippen LogP contribution in [0.25, 0.3) is 0 Å². The first kappa shape index (κ1) is 19.6. The van der Waals surface area contributed by atoms with Gasteiger partial charge >= 0.3 is 0 Å². The van der Waals surface area contributed by atoms with Crippen molar-refractivity contribution < 1.29 is 5.11 Å². The fourth-order valence-corrected chi connectivity index (χ4v) is 3.61. The van der Waals surface area contributed by atoms with Crippen molar-refractivity contribution in [2.75, 3.05) is 14.2 Å². The molecule has 1 fully saturated rings. The van der Waals surface area contributed by atoms with Gasteiger partial charge < -0.3 is 10.4 Å². The molecule has 1 saturated carbocycles. The minimum atomic E-state index is 0.646. The molecule has 3 nitrogen and oxygen atoms in total. The molecule has 0 heterocycles. The Morgan fingerprint density at radius 1 is 0.920 bits per heavy atom. The van der Waals surface area contributed by atoms with E-state index in [1.807, 2.05) is 0 Å². The number of aliphatic hydroxyl groups is 1. The van der Waals surface area contributed by atoms with Gasteiger partial charge in [0.1, 0.15) is 0 Å². The second kappa shape index (κ2) is 11.0. The van der Waals surface area contributed by atoms with Crippen LogP contribution in [0.3, 0.4) is 0 Å². The molecular formula is C22H32N2O. The first-order valence-corrected chi connectivity index (χ1v) is 9.27. The lowest BCUT2D eigenvalue weighted by molar-refractivity contribution is 0.162. The van der Waals surface area contributed by atoms with Gasteiger partial charge in [-0.15, -0.1) is 0 Å². The van der Waals surface area contributed by atoms with Crippen molar-refractivity contribution in [2.45, 2.75) is 50.9 Å². The summed E-state index contributed by atoms with van der Waals surface area (Å²) in [6, 6.07) is 22.9. The molecule has 0 radical (unpaired) electrons. The molecule has 2 atom stereocenters. The summed E-state index contributed by atoms with van der Waals surface area (Å²) in [5, 5.41) is 10.8. The van der Waals surface area contributed by atoms with Crippen molar-refractivity contribution >= 4 is 0 Å². The Kier molecular flexibility index (Phi) is 8.67. The number of rotatable bonds is 6. The van der Waals surface area contributed by atoms with Gasteiger partial charge in [0.25, 0.3) is 0 Å². The van der Waals surface area contributed by atoms with E-state index in [9.17, 15) is 0 Å². The lowest BCUT2D eigenvalue weighted by Crippen LogP contribution is -2.42. The van der Waals surface area contributed by atoms with Gasteiger partial charge in [-0.1, -0.05) is 67.1 Å². The quantitative estimate of drug-likeness (QED) is 0.839. The highest BCUT2D eigenvalue weighted by atomic mass is 16.2. The molecule has 2 N–H and O–H groups in total. The number of nitrogens with zero attached hydrogens (tertiary/aromatic N) is 1. The smallest absolute Gasteiger partial charge is 0.0319 e. The third-order valence-corrected chi connectivity index (χ3v) is 4.98. The number of aliphatic hydroxyl groups excluding tert-OH is 1. The molecule has 2 aromatic carbocycles. The lowest BCUT2D eigenvalue weighted by Gasteiger charge is -2.36. The third-order valence-electron chi connectivity index (χ3n) is 4.98. The molecule has 0 aromatic heterocycles. The zero-order chi connectivity index (χ0) is 17.9. The van der Waals surface area contributed by atoms with Gasteiger partial charge in [0.15, 0.2) is 0 Å². The van der Waals surface area contributed by atoms with Gasteiger partial charge in [0.05, 0.1) is 0 Å². The molecule has 2 aromatic rings. The van der Waals surface area contributed by atoms with E-state index < -0.39 is 0 Å². The molecule has 1 aliphatic rings. The summed E-state index contributed by atoms with van der Waals surface area (Å²) in [6.45, 7) is 2.04. The zero-order valence-corrected chi connectivity index (χ0v) is 15.6. The summed E-state index contributed by atoms with van der Waals surface area (Å²) in [4.78, 5) is 2.53. The SMILES string of the molecule is CN(Cc1ccccc1)C1CCCC(NCc2ccccc2)C1.CO. The van der Waals surface area contributed by atoms with Crippen molar-refractivity contribution in [3.05, 3.63) is 71.8 Å². The highest BCUT2D eigenvalue weighted by Crippen LogP contribution is 2.24. The van der Waals surface area contributed by atoms with E-state index in [-0.39, 0.29) is 0 Å². The fraction of sp³-hybridized carbons (Fsp3) is 0.455. The first-order valence-electron chi connectivity index (χ1n) is 9.27. The summed E-state index contributed by atoms with van der Waals surface area (Å²) < 4.78 is 0. The van der Waals surface area contributed by atoms with Crippen LogP contribution >= 0.6 is 0 Å². The molecule has 3 rings (SSSR count). The van der Waals surface area contributed by atoms with Gasteiger partial charge in [0.2, 0.25) is 0 Å². The van der Waals surface area contributed by atoms with Crippen molar-refractivity contribution in [3.63, 3.8) is 0 Å². The Hall–Kier alpha value is -1.68. The number of nitrogens with one attached hydrogen (secondary N) is 1. The monoisotopic (exact) mass is 340 g/mol. The van der Waals surface area contributed by atoms with Gasteiger partial charge in [-0.2, -0.15) is 0 Å². The minimum absolute atomic E-state index is 0.646. The first-order chi connectivity index (χ1) is 12.3. The second-order valence-corrected chi connectivity index (χ2v) is 6.78. The maximum absolute atomic E-state index is 7.00. The maximum Gasteiger partial charge on any atom is 0.0319 e. The molecule has 0 bridgehead atoms. The van der Waals surface area contributed by atoms with E-state index in [0.29, 0.717) is 12.1 Å². The lowest BCUT2D eigenvalue weighted by atomic mass is 9.89. The van der Waals surface area contributed by atoms with Crippen LogP contribution in [0.4, 0.5) is 0 Å². The molecular weight excluding hydrogens is 308 g/mol. The van der Waals surface area contributed by atoms with Crippen LogP contribution < -0.4 is 5.32 Å². The second-order valence-electron chi connectivity index (χ2n) is 6.78. The standard InChI is InChI=1S/C21H28N2.CH4O/c1-23(17-19-11-6-3-7-12-19)21-14-8-13-20(15-21)22-16-18-9-4-2-5-10-18;1-2/h2-7,9-12,20-22H,8,13-17H2,1H3;2H,1H3. The van der Waals surface area contributed by atoms with Gasteiger partial charge in [-0.25, -0.2) is 0 Å². The Morgan fingerprint density at radius 3 is 2.16 bits per heavy atom. The predicted octanol–water partition coefficient (Wildman–Crippen LogP) is 3.83. The largest absolute Gasteiger partial charge is 0.400 e. The number of benzene rings is 2. The van der Waals surface area contributed by atoms with Crippen LogP contribution in [-0.4, -0.2) is 36.2 Å². The van der Waals surface area contributed by atoms with E-state index in [0.717, 1.165) is 20.2 Å². The summed E-state index contributed by atoms with van der Waals surface area (Å²) in [7, 11) is 3.28. The molecule has 0 saturated heterocycles. The average molecular weight is 341 g/mol. The Morgan fingerprint density at radius 2 is 1.52 bits per heavy atom. The highest BCUT2D eigenvalue weighted by molar-refractivity contribution is 5.15. The Labute approximate surface area is 152 Å². The van der Waals surface area contributed by atoms with Crippen LogP contribution in [-0.2, 0) is 13.1 Å². The normalized spacial score (nSPS) is 20.0. The van der Waals surface area contributed by atoms with Crippen molar-refractivity contribution in [1.29, 1.82) is 0 Å². The van der Waals surface area contributed by atoms with E-state index in [1.165, 1.54) is 36.8 Å². The summed E-state index contributed by atoms with van der Waals surface area (Å²) >= 11 is 0. The molecule has 136 valence electrons. The molecule has 0 spiro atoms. The summed E-state index contributed by atoms with van der Waals surface area (Å²) in [6.07, 6.45) is 5.22. The van der Waals surface area contributed by atoms with Crippen molar-refractivity contribution in [1.82, 2.24) is 10.2 Å². The molecule has 2 unspecified atom stereocenters. The zero-order valence-electron chi connectivity index (χ0n) is 15.6. The number of hydrogen-bond acceptors (Lipinski definition) is 3. The van der Waals surface area contributed by atoms with Gasteiger partial charge in [-0.3, -0.25) is 4.90 Å². The minimum Gasteiger partial charge on any atom is -0.400 e. The topological polar surface area (TPSA) is 35.5 Å². The molecule has 1 aliphatic carbocycles. The predicted molar refractivity (Wildman–Crippen MR) is 105 cm³/mol. The van der Waals surface area contributed by atoms with Crippen molar-refractivity contribution in [3.8, 4) is 0 Å². The average Bonchev–Trinajstić information content (AvgIpc) is 2.70. The number of hydrogen-bond donors (Lipinski definition) is 2. The van der Waals surface area contributed by atoms with E-state index in [4.69, 9.17) is 5.11 Å². The Balaban J connectivity index is 0.00000109. The van der Waals surface area contributed by atoms with Crippen LogP contribution in [0.1, 0.15) is 36.8 Å². The van der Waals surface area contributed by atoms with Gasteiger partial charge in [-0.05, 0) is 37.4 Å².